The van der Waals surface area contributed by atoms with Crippen LogP contribution in [0.3, 0.4) is 0 Å². The Morgan fingerprint density at radius 3 is 2.45 bits per heavy atom. The number of nitrogens with zero attached hydrogens (tertiary/aromatic N) is 5. The molecule has 1 aliphatic heterocycles. The number of hydrogen-bond donors (Lipinski definition) is 0. The van der Waals surface area contributed by atoms with Crippen molar-refractivity contribution < 1.29 is 17.9 Å². The Kier molecular flexibility index (Phi) is 6.26. The van der Waals surface area contributed by atoms with Gasteiger partial charge in [-0.25, -0.2) is 13.1 Å². The summed E-state index contributed by atoms with van der Waals surface area (Å²) in [7, 11) is -3.46. The van der Waals surface area contributed by atoms with Gasteiger partial charge in [0.2, 0.25) is 11.8 Å². The number of sulfone groups is 1. The second kappa shape index (κ2) is 9.25. The normalized spacial score (nSPS) is 15.0. The SMILES string of the molecule is O=C(CCS(=O)(=O)c1ccccc1)N1CCC(Oc2ccc(-n3cccn3)nn2)CC1. The first-order valence-corrected chi connectivity index (χ1v) is 11.7. The van der Waals surface area contributed by atoms with Gasteiger partial charge in [0.25, 0.3) is 0 Å². The summed E-state index contributed by atoms with van der Waals surface area (Å²) >= 11 is 0. The molecule has 0 radical (unpaired) electrons. The van der Waals surface area contributed by atoms with Crippen molar-refractivity contribution in [3.63, 3.8) is 0 Å². The van der Waals surface area contributed by atoms with Crippen molar-refractivity contribution in [3.8, 4) is 11.7 Å². The standard InChI is InChI=1S/C21H23N5O4S/c27-21(11-16-31(28,29)18-5-2-1-3-6-18)25-14-9-17(10-15-25)30-20-8-7-19(23-24-20)26-13-4-12-22-26/h1-8,12-13,17H,9-11,14-16H2. The van der Waals surface area contributed by atoms with E-state index in [-0.39, 0.29) is 29.1 Å². The Morgan fingerprint density at radius 1 is 1.03 bits per heavy atom. The molecule has 0 atom stereocenters. The van der Waals surface area contributed by atoms with Crippen LogP contribution in [0.4, 0.5) is 0 Å². The Bertz CT molecular complexity index is 1090. The average molecular weight is 442 g/mol. The molecule has 1 aromatic carbocycles. The lowest BCUT2D eigenvalue weighted by atomic mass is 10.1. The van der Waals surface area contributed by atoms with E-state index in [9.17, 15) is 13.2 Å². The van der Waals surface area contributed by atoms with Crippen LogP contribution in [0.1, 0.15) is 19.3 Å². The van der Waals surface area contributed by atoms with Gasteiger partial charge in [-0.2, -0.15) is 5.10 Å². The molecule has 1 aliphatic rings. The van der Waals surface area contributed by atoms with Crippen molar-refractivity contribution in [3.05, 3.63) is 60.9 Å². The number of piperidine rings is 1. The second-order valence-electron chi connectivity index (χ2n) is 7.26. The van der Waals surface area contributed by atoms with Gasteiger partial charge in [0.15, 0.2) is 15.7 Å². The molecule has 162 valence electrons. The van der Waals surface area contributed by atoms with E-state index in [1.165, 1.54) is 0 Å². The van der Waals surface area contributed by atoms with Crippen molar-refractivity contribution in [2.75, 3.05) is 18.8 Å². The first-order valence-electron chi connectivity index (χ1n) is 10.1. The van der Waals surface area contributed by atoms with Crippen LogP contribution in [0.15, 0.2) is 65.8 Å². The quantitative estimate of drug-likeness (QED) is 0.551. The smallest absolute Gasteiger partial charge is 0.233 e. The molecule has 1 amide bonds. The van der Waals surface area contributed by atoms with Gasteiger partial charge < -0.3 is 9.64 Å². The first-order chi connectivity index (χ1) is 15.0. The molecule has 3 heterocycles. The van der Waals surface area contributed by atoms with Crippen LogP contribution >= 0.6 is 0 Å². The number of benzene rings is 1. The Labute approximate surface area is 180 Å². The largest absolute Gasteiger partial charge is 0.473 e. The third kappa shape index (κ3) is 5.26. The van der Waals surface area contributed by atoms with Gasteiger partial charge in [0, 0.05) is 50.8 Å². The van der Waals surface area contributed by atoms with Crippen molar-refractivity contribution in [1.29, 1.82) is 0 Å². The van der Waals surface area contributed by atoms with E-state index in [1.54, 1.807) is 70.5 Å². The van der Waals surface area contributed by atoms with Gasteiger partial charge in [0.1, 0.15) is 6.10 Å². The topological polar surface area (TPSA) is 107 Å². The molecule has 3 aromatic rings. The van der Waals surface area contributed by atoms with E-state index in [0.29, 0.717) is 37.6 Å². The highest BCUT2D eigenvalue weighted by atomic mass is 32.2. The molecular weight excluding hydrogens is 418 g/mol. The van der Waals surface area contributed by atoms with E-state index in [4.69, 9.17) is 4.74 Å². The lowest BCUT2D eigenvalue weighted by molar-refractivity contribution is -0.132. The van der Waals surface area contributed by atoms with Crippen LogP contribution in [-0.2, 0) is 14.6 Å². The lowest BCUT2D eigenvalue weighted by Gasteiger charge is -2.31. The summed E-state index contributed by atoms with van der Waals surface area (Å²) in [5, 5.41) is 12.3. The van der Waals surface area contributed by atoms with Crippen LogP contribution in [-0.4, -0.2) is 64.1 Å². The first kappa shape index (κ1) is 21.0. The summed E-state index contributed by atoms with van der Waals surface area (Å²) in [6.45, 7) is 1.04. The van der Waals surface area contributed by atoms with Crippen LogP contribution in [0.2, 0.25) is 0 Å². The number of aromatic nitrogens is 4. The summed E-state index contributed by atoms with van der Waals surface area (Å²) in [6.07, 6.45) is 4.66. The van der Waals surface area contributed by atoms with Crippen molar-refractivity contribution in [1.82, 2.24) is 24.9 Å². The number of rotatable bonds is 7. The van der Waals surface area contributed by atoms with E-state index < -0.39 is 9.84 Å². The lowest BCUT2D eigenvalue weighted by Crippen LogP contribution is -2.42. The summed E-state index contributed by atoms with van der Waals surface area (Å²) in [5.41, 5.74) is 0. The summed E-state index contributed by atoms with van der Waals surface area (Å²) in [4.78, 5) is 14.4. The Morgan fingerprint density at radius 2 is 1.81 bits per heavy atom. The molecular formula is C21H23N5O4S. The molecule has 0 N–H and O–H groups in total. The highest BCUT2D eigenvalue weighted by Crippen LogP contribution is 2.19. The molecule has 0 unspecified atom stereocenters. The molecule has 9 nitrogen and oxygen atoms in total. The van der Waals surface area contributed by atoms with Crippen LogP contribution in [0, 0.1) is 0 Å². The minimum absolute atomic E-state index is 0.0247. The van der Waals surface area contributed by atoms with E-state index >= 15 is 0 Å². The minimum atomic E-state index is -3.46. The highest BCUT2D eigenvalue weighted by molar-refractivity contribution is 7.91. The number of amides is 1. The molecule has 0 spiro atoms. The molecule has 10 heteroatoms. The summed E-state index contributed by atoms with van der Waals surface area (Å²) in [5.74, 6) is 0.684. The zero-order valence-electron chi connectivity index (χ0n) is 16.9. The fraction of sp³-hybridized carbons (Fsp3) is 0.333. The number of carbonyl (C=O) groups excluding carboxylic acids is 1. The molecule has 4 rings (SSSR count). The number of ether oxygens (including phenoxy) is 1. The maximum absolute atomic E-state index is 12.5. The Hall–Kier alpha value is -3.27. The molecule has 1 fully saturated rings. The van der Waals surface area contributed by atoms with Crippen molar-refractivity contribution >= 4 is 15.7 Å². The fourth-order valence-electron chi connectivity index (χ4n) is 3.42. The van der Waals surface area contributed by atoms with E-state index in [2.05, 4.69) is 15.3 Å². The summed E-state index contributed by atoms with van der Waals surface area (Å²) in [6, 6.07) is 13.5. The molecule has 31 heavy (non-hydrogen) atoms. The number of hydrogen-bond acceptors (Lipinski definition) is 7. The minimum Gasteiger partial charge on any atom is -0.473 e. The van der Waals surface area contributed by atoms with Gasteiger partial charge in [0.05, 0.1) is 10.6 Å². The van der Waals surface area contributed by atoms with Gasteiger partial charge in [-0.05, 0) is 24.3 Å². The zero-order valence-corrected chi connectivity index (χ0v) is 17.7. The maximum Gasteiger partial charge on any atom is 0.233 e. The van der Waals surface area contributed by atoms with E-state index in [0.717, 1.165) is 0 Å². The monoisotopic (exact) mass is 441 g/mol. The average Bonchev–Trinajstić information content (AvgIpc) is 3.34. The number of carbonyl (C=O) groups is 1. The van der Waals surface area contributed by atoms with Gasteiger partial charge in [-0.1, -0.05) is 18.2 Å². The molecule has 0 aliphatic carbocycles. The summed E-state index contributed by atoms with van der Waals surface area (Å²) < 4.78 is 32.2. The Balaban J connectivity index is 1.24. The highest BCUT2D eigenvalue weighted by Gasteiger charge is 2.25. The fourth-order valence-corrected chi connectivity index (χ4v) is 4.67. The maximum atomic E-state index is 12.5. The zero-order chi connectivity index (χ0) is 21.7. The molecule has 0 bridgehead atoms. The third-order valence-electron chi connectivity index (χ3n) is 5.13. The molecule has 2 aromatic heterocycles. The van der Waals surface area contributed by atoms with Crippen molar-refractivity contribution in [2.24, 2.45) is 0 Å². The van der Waals surface area contributed by atoms with Crippen LogP contribution < -0.4 is 4.74 Å². The molecule has 0 saturated carbocycles. The van der Waals surface area contributed by atoms with Gasteiger partial charge >= 0.3 is 0 Å². The molecule has 1 saturated heterocycles. The second-order valence-corrected chi connectivity index (χ2v) is 9.37. The van der Waals surface area contributed by atoms with Gasteiger partial charge in [-0.3, -0.25) is 4.79 Å². The van der Waals surface area contributed by atoms with Gasteiger partial charge in [-0.15, -0.1) is 10.2 Å². The predicted octanol–water partition coefficient (Wildman–Crippen LogP) is 1.90. The van der Waals surface area contributed by atoms with Crippen LogP contribution in [0.5, 0.6) is 5.88 Å². The predicted molar refractivity (Wildman–Crippen MR) is 112 cm³/mol. The van der Waals surface area contributed by atoms with Crippen molar-refractivity contribution in [2.45, 2.75) is 30.3 Å². The van der Waals surface area contributed by atoms with Crippen LogP contribution in [0.25, 0.3) is 5.82 Å². The van der Waals surface area contributed by atoms with E-state index in [1.807, 2.05) is 0 Å². The third-order valence-corrected chi connectivity index (χ3v) is 6.87. The number of likely N-dealkylation sites (tertiary alicyclic amines) is 1.